The summed E-state index contributed by atoms with van der Waals surface area (Å²) < 4.78 is 10.7. The largest absolute Gasteiger partial charge is 0.462 e. The summed E-state index contributed by atoms with van der Waals surface area (Å²) in [6.45, 7) is 4.00. The zero-order valence-corrected chi connectivity index (χ0v) is 42.2. The van der Waals surface area contributed by atoms with Crippen molar-refractivity contribution in [1.29, 1.82) is 0 Å². The van der Waals surface area contributed by atoms with Gasteiger partial charge in [-0.05, 0) is 103 Å². The summed E-state index contributed by atoms with van der Waals surface area (Å²) in [5.41, 5.74) is 0. The van der Waals surface area contributed by atoms with Crippen molar-refractivity contribution in [3.63, 3.8) is 0 Å². The highest BCUT2D eigenvalue weighted by Gasteiger charge is 2.16. The number of ether oxygens (including phenoxy) is 2. The van der Waals surface area contributed by atoms with Crippen molar-refractivity contribution in [1.82, 2.24) is 0 Å². The van der Waals surface area contributed by atoms with Crippen LogP contribution >= 0.6 is 0 Å². The maximum absolute atomic E-state index is 12.3. The number of carbonyl (C=O) groups is 2. The third-order valence-corrected chi connectivity index (χ3v) is 11.3. The first-order valence-corrected chi connectivity index (χ1v) is 26.9. The molecule has 0 aliphatic heterocycles. The molecular formula is C60H100O5. The number of hydrogen-bond acceptors (Lipinski definition) is 5. The minimum atomic E-state index is -0.784. The number of hydrogen-bond donors (Lipinski definition) is 1. The molecule has 0 aliphatic rings. The quantitative estimate of drug-likeness (QED) is 0.0374. The van der Waals surface area contributed by atoms with Gasteiger partial charge in [-0.2, -0.15) is 0 Å². The fourth-order valence-electron chi connectivity index (χ4n) is 7.27. The first kappa shape index (κ1) is 61.6. The van der Waals surface area contributed by atoms with Gasteiger partial charge in [-0.15, -0.1) is 0 Å². The van der Waals surface area contributed by atoms with Crippen LogP contribution in [-0.2, 0) is 19.1 Å². The minimum Gasteiger partial charge on any atom is -0.462 e. The van der Waals surface area contributed by atoms with Gasteiger partial charge in [-0.25, -0.2) is 0 Å². The Bertz CT molecular complexity index is 1290. The highest BCUT2D eigenvalue weighted by molar-refractivity contribution is 5.70. The van der Waals surface area contributed by atoms with Gasteiger partial charge < -0.3 is 14.6 Å². The van der Waals surface area contributed by atoms with Crippen LogP contribution in [0.1, 0.15) is 239 Å². The molecule has 1 N–H and O–H groups in total. The van der Waals surface area contributed by atoms with Gasteiger partial charge in [-0.3, -0.25) is 9.59 Å². The third kappa shape index (κ3) is 53.1. The number of carbonyl (C=O) groups excluding carboxylic acids is 2. The Morgan fingerprint density at radius 2 is 0.662 bits per heavy atom. The Balaban J connectivity index is 3.54. The average molecular weight is 901 g/mol. The predicted molar refractivity (Wildman–Crippen MR) is 283 cm³/mol. The van der Waals surface area contributed by atoms with Gasteiger partial charge in [0.15, 0.2) is 6.10 Å². The number of unbranched alkanes of at least 4 members (excludes halogenated alkanes) is 22. The van der Waals surface area contributed by atoms with E-state index in [0.717, 1.165) is 96.3 Å². The van der Waals surface area contributed by atoms with Crippen LogP contribution in [0.15, 0.2) is 109 Å². The van der Waals surface area contributed by atoms with Gasteiger partial charge in [0, 0.05) is 12.8 Å². The van der Waals surface area contributed by atoms with Crippen molar-refractivity contribution < 1.29 is 24.2 Å². The molecule has 0 radical (unpaired) electrons. The molecule has 1 unspecified atom stereocenters. The topological polar surface area (TPSA) is 72.8 Å². The zero-order chi connectivity index (χ0) is 47.0. The van der Waals surface area contributed by atoms with E-state index in [0.29, 0.717) is 12.8 Å². The number of esters is 2. The molecule has 0 aliphatic carbocycles. The number of aliphatic hydroxyl groups excluding tert-OH is 1. The van der Waals surface area contributed by atoms with E-state index in [9.17, 15) is 14.7 Å². The summed E-state index contributed by atoms with van der Waals surface area (Å²) >= 11 is 0. The van der Waals surface area contributed by atoms with Crippen LogP contribution in [0.25, 0.3) is 0 Å². The lowest BCUT2D eigenvalue weighted by molar-refractivity contribution is -0.161. The van der Waals surface area contributed by atoms with E-state index in [1.165, 1.54) is 116 Å². The van der Waals surface area contributed by atoms with E-state index in [1.807, 2.05) is 0 Å². The van der Waals surface area contributed by atoms with Crippen molar-refractivity contribution in [2.24, 2.45) is 0 Å². The first-order valence-electron chi connectivity index (χ1n) is 26.9. The lowest BCUT2D eigenvalue weighted by Gasteiger charge is -2.15. The molecule has 0 aromatic rings. The Labute approximate surface area is 401 Å². The smallest absolute Gasteiger partial charge is 0.306 e. The van der Waals surface area contributed by atoms with Crippen LogP contribution in [0.2, 0.25) is 0 Å². The predicted octanol–water partition coefficient (Wildman–Crippen LogP) is 18.1. The molecule has 0 heterocycles. The molecule has 0 fully saturated rings. The molecule has 0 rings (SSSR count). The van der Waals surface area contributed by atoms with Gasteiger partial charge in [0.25, 0.3) is 0 Å². The highest BCUT2D eigenvalue weighted by atomic mass is 16.6. The summed E-state index contributed by atoms with van der Waals surface area (Å²) in [5, 5.41) is 9.63. The van der Waals surface area contributed by atoms with Crippen molar-refractivity contribution >= 4 is 11.9 Å². The SMILES string of the molecule is CC/C=C\C/C=C\C/C=C\C/C=C\C/C=C\C/C=C\C/C=C\CCCCCCCCCCCCCCCC(=O)OC(CO)COC(=O)CCCCCCC/C=C\C/C=C\CCCCCC. The van der Waals surface area contributed by atoms with Crippen LogP contribution in [0.5, 0.6) is 0 Å². The van der Waals surface area contributed by atoms with Gasteiger partial charge in [0.05, 0.1) is 6.61 Å². The highest BCUT2D eigenvalue weighted by Crippen LogP contribution is 2.15. The second-order valence-electron chi connectivity index (χ2n) is 17.6. The van der Waals surface area contributed by atoms with Gasteiger partial charge in [0.1, 0.15) is 6.61 Å². The monoisotopic (exact) mass is 901 g/mol. The number of aliphatic hydroxyl groups is 1. The lowest BCUT2D eigenvalue weighted by Crippen LogP contribution is -2.28. The molecule has 65 heavy (non-hydrogen) atoms. The second-order valence-corrected chi connectivity index (χ2v) is 17.6. The molecule has 1 atom stereocenters. The van der Waals surface area contributed by atoms with Gasteiger partial charge in [0.2, 0.25) is 0 Å². The summed E-state index contributed by atoms with van der Waals surface area (Å²) in [7, 11) is 0. The molecule has 5 heteroatoms. The maximum atomic E-state index is 12.3. The molecule has 0 aromatic heterocycles. The molecule has 0 amide bonds. The van der Waals surface area contributed by atoms with Crippen LogP contribution in [0, 0.1) is 0 Å². The zero-order valence-electron chi connectivity index (χ0n) is 42.2. The molecule has 0 aromatic carbocycles. The standard InChI is InChI=1S/C60H100O5/c1-3-5-7-9-11-13-15-17-19-21-22-23-24-25-26-27-28-29-30-31-32-33-34-35-36-37-38-39-41-43-45-47-49-51-53-55-60(63)65-58(56-61)57-64-59(62)54-52-50-48-46-44-42-40-20-18-16-14-12-10-8-6-4-2/h5,7,11,13-14,16-17,19-20,22-23,25-26,28-29,31-32,40,58,61H,3-4,6,8-10,12,15,18,21,24,27,30,33-39,41-57H2,1-2H3/b7-5-,13-11-,16-14-,19-17-,23-22-,26-25-,29-28-,32-31-,40-20-. The van der Waals surface area contributed by atoms with Crippen molar-refractivity contribution in [3.05, 3.63) is 109 Å². The Morgan fingerprint density at radius 3 is 1.00 bits per heavy atom. The van der Waals surface area contributed by atoms with E-state index in [2.05, 4.69) is 123 Å². The van der Waals surface area contributed by atoms with E-state index in [-0.39, 0.29) is 25.2 Å². The summed E-state index contributed by atoms with van der Waals surface area (Å²) in [4.78, 5) is 24.4. The first-order chi connectivity index (χ1) is 32.1. The molecule has 0 saturated heterocycles. The Morgan fingerprint density at radius 1 is 0.369 bits per heavy atom. The van der Waals surface area contributed by atoms with Crippen molar-refractivity contribution in [2.75, 3.05) is 13.2 Å². The summed E-state index contributed by atoms with van der Waals surface area (Å²) in [6.07, 6.45) is 79.0. The molecule has 370 valence electrons. The molecule has 0 bridgehead atoms. The molecule has 5 nitrogen and oxygen atoms in total. The van der Waals surface area contributed by atoms with Crippen molar-refractivity contribution in [2.45, 2.75) is 245 Å². The summed E-state index contributed by atoms with van der Waals surface area (Å²) in [5.74, 6) is -0.610. The molecule has 0 saturated carbocycles. The molecule has 0 spiro atoms. The fraction of sp³-hybridized carbons (Fsp3) is 0.667. The summed E-state index contributed by atoms with van der Waals surface area (Å²) in [6, 6.07) is 0. The Kier molecular flexibility index (Phi) is 52.0. The normalized spacial score (nSPS) is 13.1. The van der Waals surface area contributed by atoms with Crippen LogP contribution in [0.3, 0.4) is 0 Å². The molecular weight excluding hydrogens is 801 g/mol. The average Bonchev–Trinajstić information content (AvgIpc) is 3.31. The van der Waals surface area contributed by atoms with Crippen LogP contribution < -0.4 is 0 Å². The third-order valence-electron chi connectivity index (χ3n) is 11.3. The van der Waals surface area contributed by atoms with Crippen LogP contribution in [-0.4, -0.2) is 36.4 Å². The van der Waals surface area contributed by atoms with E-state index in [1.54, 1.807) is 0 Å². The number of rotatable bonds is 48. The lowest BCUT2D eigenvalue weighted by atomic mass is 10.0. The van der Waals surface area contributed by atoms with E-state index >= 15 is 0 Å². The van der Waals surface area contributed by atoms with E-state index < -0.39 is 6.10 Å². The maximum Gasteiger partial charge on any atom is 0.306 e. The van der Waals surface area contributed by atoms with Gasteiger partial charge >= 0.3 is 11.9 Å². The minimum absolute atomic E-state index is 0.0775. The second kappa shape index (κ2) is 54.9. The fourth-order valence-corrected chi connectivity index (χ4v) is 7.27. The van der Waals surface area contributed by atoms with E-state index in [4.69, 9.17) is 9.47 Å². The Hall–Kier alpha value is -3.44. The van der Waals surface area contributed by atoms with Gasteiger partial charge in [-0.1, -0.05) is 232 Å². The van der Waals surface area contributed by atoms with Crippen molar-refractivity contribution in [3.8, 4) is 0 Å². The number of allylic oxidation sites excluding steroid dienone is 18. The van der Waals surface area contributed by atoms with Crippen LogP contribution in [0.4, 0.5) is 0 Å².